The Balaban J connectivity index is 1.09. The molecule has 1 aliphatic carbocycles. The Morgan fingerprint density at radius 3 is 2.76 bits per heavy atom. The van der Waals surface area contributed by atoms with Crippen LogP contribution in [0.1, 0.15) is 29.1 Å². The molecule has 4 heterocycles. The first-order valence-electron chi connectivity index (χ1n) is 11.6. The summed E-state index contributed by atoms with van der Waals surface area (Å²) in [6.45, 7) is 3.47. The molecule has 1 saturated heterocycles. The molecule has 0 bridgehead atoms. The van der Waals surface area contributed by atoms with Gasteiger partial charge in [-0.05, 0) is 43.4 Å². The topological polar surface area (TPSA) is 87.8 Å². The highest BCUT2D eigenvalue weighted by Crippen LogP contribution is 2.34. The van der Waals surface area contributed by atoms with Crippen LogP contribution >= 0.6 is 11.3 Å². The highest BCUT2D eigenvalue weighted by molar-refractivity contribution is 7.18. The maximum absolute atomic E-state index is 13.0. The molecule has 0 saturated carbocycles. The number of aryl methyl sites for hydroxylation is 2. The Kier molecular flexibility index (Phi) is 5.30. The van der Waals surface area contributed by atoms with Crippen molar-refractivity contribution >= 4 is 27.5 Å². The van der Waals surface area contributed by atoms with Crippen molar-refractivity contribution in [3.05, 3.63) is 50.9 Å². The van der Waals surface area contributed by atoms with Gasteiger partial charge in [-0.2, -0.15) is 0 Å². The quantitative estimate of drug-likeness (QED) is 0.638. The molecule has 0 radical (unpaired) electrons. The molecular weight excluding hydrogens is 440 g/mol. The number of aromatic nitrogens is 2. The average molecular weight is 467 g/mol. The van der Waals surface area contributed by atoms with Gasteiger partial charge in [-0.15, -0.1) is 11.3 Å². The number of H-pyrrole nitrogens is 1. The molecule has 6 rings (SSSR count). The third-order valence-corrected chi connectivity index (χ3v) is 7.90. The third kappa shape index (κ3) is 3.89. The summed E-state index contributed by atoms with van der Waals surface area (Å²) < 4.78 is 11.6. The van der Waals surface area contributed by atoms with Crippen LogP contribution in [0.15, 0.2) is 29.1 Å². The summed E-state index contributed by atoms with van der Waals surface area (Å²) in [7, 11) is 0. The molecule has 1 amide bonds. The summed E-state index contributed by atoms with van der Waals surface area (Å²) in [5, 5.41) is 0.796. The number of thiophene rings is 1. The van der Waals surface area contributed by atoms with Gasteiger partial charge in [0.2, 0.25) is 6.10 Å². The average Bonchev–Trinajstić information content (AvgIpc) is 3.22. The second-order valence-electron chi connectivity index (χ2n) is 8.87. The minimum Gasteiger partial charge on any atom is -0.485 e. The molecule has 0 unspecified atom stereocenters. The third-order valence-electron chi connectivity index (χ3n) is 6.72. The van der Waals surface area contributed by atoms with Crippen LogP contribution in [0.3, 0.4) is 0 Å². The van der Waals surface area contributed by atoms with E-state index in [1.165, 1.54) is 16.9 Å². The predicted octanol–water partition coefficient (Wildman–Crippen LogP) is 2.35. The van der Waals surface area contributed by atoms with Crippen molar-refractivity contribution in [2.75, 3.05) is 32.8 Å². The Hall–Kier alpha value is -2.91. The van der Waals surface area contributed by atoms with E-state index < -0.39 is 6.10 Å². The Bertz CT molecular complexity index is 1260. The molecule has 8 nitrogen and oxygen atoms in total. The van der Waals surface area contributed by atoms with Crippen molar-refractivity contribution < 1.29 is 14.3 Å². The largest absolute Gasteiger partial charge is 0.485 e. The number of ether oxygens (including phenoxy) is 2. The Morgan fingerprint density at radius 1 is 1.12 bits per heavy atom. The number of nitrogens with one attached hydrogen (secondary N) is 1. The van der Waals surface area contributed by atoms with Crippen molar-refractivity contribution in [3.63, 3.8) is 0 Å². The number of para-hydroxylation sites is 2. The van der Waals surface area contributed by atoms with E-state index >= 15 is 0 Å². The lowest BCUT2D eigenvalue weighted by Crippen LogP contribution is -2.53. The second kappa shape index (κ2) is 8.46. The van der Waals surface area contributed by atoms with E-state index in [9.17, 15) is 9.59 Å². The van der Waals surface area contributed by atoms with Gasteiger partial charge in [0.15, 0.2) is 11.5 Å². The van der Waals surface area contributed by atoms with E-state index in [2.05, 4.69) is 9.88 Å². The number of carbonyl (C=O) groups excluding carboxylic acids is 1. The lowest BCUT2D eigenvalue weighted by atomic mass is 9.97. The molecule has 172 valence electrons. The highest BCUT2D eigenvalue weighted by atomic mass is 32.1. The minimum atomic E-state index is -0.614. The molecule has 1 atom stereocenters. The number of rotatable bonds is 3. The zero-order chi connectivity index (χ0) is 22.4. The first kappa shape index (κ1) is 20.7. The van der Waals surface area contributed by atoms with Gasteiger partial charge >= 0.3 is 0 Å². The van der Waals surface area contributed by atoms with Crippen LogP contribution in [0.4, 0.5) is 0 Å². The fourth-order valence-corrected chi connectivity index (χ4v) is 6.25. The van der Waals surface area contributed by atoms with Gasteiger partial charge in [0, 0.05) is 31.1 Å². The molecular formula is C24H26N4O4S. The first-order chi connectivity index (χ1) is 16.2. The fraction of sp³-hybridized carbons (Fsp3) is 0.458. The lowest BCUT2D eigenvalue weighted by molar-refractivity contribution is -0.143. The number of carbonyl (C=O) groups is 1. The number of nitrogens with zero attached hydrogens (tertiary/aromatic N) is 3. The zero-order valence-corrected chi connectivity index (χ0v) is 19.2. The van der Waals surface area contributed by atoms with Crippen LogP contribution in [0.2, 0.25) is 0 Å². The zero-order valence-electron chi connectivity index (χ0n) is 18.3. The van der Waals surface area contributed by atoms with E-state index in [0.29, 0.717) is 37.0 Å². The summed E-state index contributed by atoms with van der Waals surface area (Å²) >= 11 is 1.68. The van der Waals surface area contributed by atoms with Crippen LogP contribution < -0.4 is 15.0 Å². The number of fused-ring (bicyclic) bond motifs is 4. The number of hydrogen-bond donors (Lipinski definition) is 1. The number of aromatic amines is 1. The van der Waals surface area contributed by atoms with Crippen molar-refractivity contribution in [2.45, 2.75) is 38.3 Å². The van der Waals surface area contributed by atoms with Gasteiger partial charge in [-0.1, -0.05) is 12.1 Å². The predicted molar refractivity (Wildman–Crippen MR) is 125 cm³/mol. The molecule has 1 N–H and O–H groups in total. The van der Waals surface area contributed by atoms with Crippen molar-refractivity contribution in [1.82, 2.24) is 19.8 Å². The van der Waals surface area contributed by atoms with Crippen LogP contribution in [0.25, 0.3) is 10.2 Å². The molecule has 3 aliphatic rings. The standard InChI is InChI=1S/C24H26N4O4S/c29-22-21-15-5-1-4-8-19(15)33-23(21)26-20(25-22)13-27-9-11-28(12-10-27)24(30)18-14-31-16-6-2-3-7-17(16)32-18/h2-3,6-7,18H,1,4-5,8-14H2,(H,25,26,29)/t18-/m0/s1. The Labute approximate surface area is 195 Å². The van der Waals surface area contributed by atoms with E-state index in [0.717, 1.165) is 42.6 Å². The molecule has 1 fully saturated rings. The van der Waals surface area contributed by atoms with E-state index in [1.54, 1.807) is 11.3 Å². The number of amides is 1. The summed E-state index contributed by atoms with van der Waals surface area (Å²) in [6, 6.07) is 7.42. The molecule has 3 aromatic rings. The fourth-order valence-electron chi connectivity index (χ4n) is 4.97. The molecule has 1 aromatic carbocycles. The summed E-state index contributed by atoms with van der Waals surface area (Å²) in [5.74, 6) is 1.95. The SMILES string of the molecule is O=C([C@@H]1COc2ccccc2O1)N1CCN(Cc2nc3sc4c(c3c(=O)[nH]2)CCCC4)CC1. The smallest absolute Gasteiger partial charge is 0.267 e. The second-order valence-corrected chi connectivity index (χ2v) is 9.95. The van der Waals surface area contributed by atoms with E-state index in [1.807, 2.05) is 29.2 Å². The summed E-state index contributed by atoms with van der Waals surface area (Å²) in [4.78, 5) is 39.8. The number of piperazine rings is 1. The highest BCUT2D eigenvalue weighted by Gasteiger charge is 2.33. The molecule has 9 heteroatoms. The Morgan fingerprint density at radius 2 is 1.91 bits per heavy atom. The van der Waals surface area contributed by atoms with Gasteiger partial charge in [0.05, 0.1) is 11.9 Å². The molecule has 2 aromatic heterocycles. The molecule has 0 spiro atoms. The number of benzene rings is 1. The minimum absolute atomic E-state index is 0.0158. The molecule has 2 aliphatic heterocycles. The van der Waals surface area contributed by atoms with Crippen LogP contribution in [0, 0.1) is 0 Å². The summed E-state index contributed by atoms with van der Waals surface area (Å²) in [5.41, 5.74) is 1.20. The van der Waals surface area contributed by atoms with Crippen LogP contribution in [-0.2, 0) is 24.2 Å². The van der Waals surface area contributed by atoms with Gasteiger partial charge in [0.1, 0.15) is 17.3 Å². The first-order valence-corrected chi connectivity index (χ1v) is 12.4. The van der Waals surface area contributed by atoms with Gasteiger partial charge in [0.25, 0.3) is 11.5 Å². The van der Waals surface area contributed by atoms with Crippen molar-refractivity contribution in [1.29, 1.82) is 0 Å². The maximum Gasteiger partial charge on any atom is 0.267 e. The number of hydrogen-bond acceptors (Lipinski definition) is 7. The normalized spacial score (nSPS) is 20.6. The molecule has 33 heavy (non-hydrogen) atoms. The van der Waals surface area contributed by atoms with E-state index in [4.69, 9.17) is 14.5 Å². The van der Waals surface area contributed by atoms with Gasteiger partial charge in [-0.25, -0.2) is 4.98 Å². The van der Waals surface area contributed by atoms with Gasteiger partial charge < -0.3 is 19.4 Å². The van der Waals surface area contributed by atoms with Crippen LogP contribution in [0.5, 0.6) is 11.5 Å². The van der Waals surface area contributed by atoms with Crippen molar-refractivity contribution in [2.24, 2.45) is 0 Å². The van der Waals surface area contributed by atoms with Crippen molar-refractivity contribution in [3.8, 4) is 11.5 Å². The van der Waals surface area contributed by atoms with E-state index in [-0.39, 0.29) is 18.1 Å². The van der Waals surface area contributed by atoms with Crippen LogP contribution in [-0.4, -0.2) is 64.6 Å². The van der Waals surface area contributed by atoms with Gasteiger partial charge in [-0.3, -0.25) is 14.5 Å². The maximum atomic E-state index is 13.0. The summed E-state index contributed by atoms with van der Waals surface area (Å²) in [6.07, 6.45) is 3.77. The monoisotopic (exact) mass is 466 g/mol. The lowest BCUT2D eigenvalue weighted by Gasteiger charge is -2.36.